The van der Waals surface area contributed by atoms with Gasteiger partial charge in [0.15, 0.2) is 0 Å². The first-order valence-corrected chi connectivity index (χ1v) is 5.92. The number of nitrogens with zero attached hydrogens (tertiary/aromatic N) is 1. The molecule has 4 N–H and O–H groups in total. The van der Waals surface area contributed by atoms with Crippen molar-refractivity contribution in [3.05, 3.63) is 0 Å². The normalized spacial score (nSPS) is 28.9. The summed E-state index contributed by atoms with van der Waals surface area (Å²) in [6, 6.07) is 0.333. The molecule has 1 amide bonds. The van der Waals surface area contributed by atoms with E-state index in [-0.39, 0.29) is 24.5 Å². The van der Waals surface area contributed by atoms with Crippen LogP contribution >= 0.6 is 0 Å². The molecule has 3 unspecified atom stereocenters. The fourth-order valence-electron chi connectivity index (χ4n) is 2.40. The molecule has 1 aliphatic rings. The largest absolute Gasteiger partial charge is 0.393 e. The van der Waals surface area contributed by atoms with Gasteiger partial charge in [0, 0.05) is 19.1 Å². The Hall–Kier alpha value is -0.650. The number of rotatable bonds is 5. The summed E-state index contributed by atoms with van der Waals surface area (Å²) in [5, 5.41) is 13.1. The number of hydrogen-bond acceptors (Lipinski definition) is 4. The molecular formula is C11H23N3O2. The van der Waals surface area contributed by atoms with Crippen LogP contribution in [-0.2, 0) is 4.79 Å². The van der Waals surface area contributed by atoms with Crippen LogP contribution in [0.2, 0.25) is 0 Å². The summed E-state index contributed by atoms with van der Waals surface area (Å²) >= 11 is 0. The van der Waals surface area contributed by atoms with E-state index < -0.39 is 0 Å². The molecule has 0 saturated carbocycles. The number of carbonyl (C=O) groups is 1. The van der Waals surface area contributed by atoms with Crippen molar-refractivity contribution >= 4 is 5.91 Å². The predicted molar refractivity (Wildman–Crippen MR) is 62.9 cm³/mol. The molecule has 1 aliphatic heterocycles. The molecule has 1 saturated heterocycles. The first-order valence-electron chi connectivity index (χ1n) is 5.92. The van der Waals surface area contributed by atoms with Gasteiger partial charge in [-0.05, 0) is 25.8 Å². The molecule has 5 heteroatoms. The van der Waals surface area contributed by atoms with E-state index in [2.05, 4.69) is 5.32 Å². The number of aliphatic hydroxyl groups excluding tert-OH is 1. The van der Waals surface area contributed by atoms with Crippen molar-refractivity contribution in [1.29, 1.82) is 0 Å². The number of carbonyl (C=O) groups excluding carboxylic acids is 1. The summed E-state index contributed by atoms with van der Waals surface area (Å²) in [6.07, 6.45) is 1.43. The van der Waals surface area contributed by atoms with Gasteiger partial charge in [-0.1, -0.05) is 6.92 Å². The van der Waals surface area contributed by atoms with Gasteiger partial charge in [0.25, 0.3) is 0 Å². The van der Waals surface area contributed by atoms with Crippen LogP contribution in [0.5, 0.6) is 0 Å². The molecule has 0 radical (unpaired) electrons. The van der Waals surface area contributed by atoms with E-state index in [1.165, 1.54) is 0 Å². The van der Waals surface area contributed by atoms with E-state index in [0.717, 1.165) is 25.9 Å². The van der Waals surface area contributed by atoms with E-state index in [9.17, 15) is 9.90 Å². The van der Waals surface area contributed by atoms with E-state index in [1.807, 2.05) is 18.9 Å². The molecule has 1 heterocycles. The lowest BCUT2D eigenvalue weighted by atomic mass is 9.88. The van der Waals surface area contributed by atoms with Gasteiger partial charge in [-0.15, -0.1) is 0 Å². The third kappa shape index (κ3) is 3.73. The lowest BCUT2D eigenvalue weighted by Crippen LogP contribution is -2.52. The maximum Gasteiger partial charge on any atom is 0.231 e. The van der Waals surface area contributed by atoms with Crippen LogP contribution in [0.4, 0.5) is 0 Å². The maximum absolute atomic E-state index is 10.9. The van der Waals surface area contributed by atoms with Gasteiger partial charge in [0.1, 0.15) is 0 Å². The van der Waals surface area contributed by atoms with Gasteiger partial charge in [-0.25, -0.2) is 0 Å². The van der Waals surface area contributed by atoms with E-state index in [4.69, 9.17) is 5.73 Å². The van der Waals surface area contributed by atoms with Crippen LogP contribution < -0.4 is 11.1 Å². The molecule has 0 aromatic carbocycles. The van der Waals surface area contributed by atoms with Crippen molar-refractivity contribution in [3.63, 3.8) is 0 Å². The highest BCUT2D eigenvalue weighted by molar-refractivity contribution is 5.75. The Morgan fingerprint density at radius 1 is 1.62 bits per heavy atom. The smallest absolute Gasteiger partial charge is 0.231 e. The lowest BCUT2D eigenvalue weighted by Gasteiger charge is -2.38. The minimum absolute atomic E-state index is 0.232. The molecule has 0 spiro atoms. The highest BCUT2D eigenvalue weighted by Crippen LogP contribution is 2.21. The van der Waals surface area contributed by atoms with E-state index in [0.29, 0.717) is 6.04 Å². The van der Waals surface area contributed by atoms with E-state index in [1.54, 1.807) is 0 Å². The van der Waals surface area contributed by atoms with Crippen LogP contribution in [-0.4, -0.2) is 54.7 Å². The fourth-order valence-corrected chi connectivity index (χ4v) is 2.40. The molecule has 3 atom stereocenters. The Kier molecular flexibility index (Phi) is 5.18. The van der Waals surface area contributed by atoms with Crippen LogP contribution in [0, 0.1) is 5.92 Å². The second-order valence-corrected chi connectivity index (χ2v) is 4.62. The van der Waals surface area contributed by atoms with Crippen molar-refractivity contribution in [3.8, 4) is 0 Å². The molecule has 5 nitrogen and oxygen atoms in total. The van der Waals surface area contributed by atoms with Gasteiger partial charge < -0.3 is 16.2 Å². The molecule has 94 valence electrons. The number of likely N-dealkylation sites (N-methyl/N-ethyl adjacent to an activating group) is 1. The zero-order valence-corrected chi connectivity index (χ0v) is 10.1. The Bertz CT molecular complexity index is 235. The van der Waals surface area contributed by atoms with Gasteiger partial charge in [-0.2, -0.15) is 0 Å². The van der Waals surface area contributed by atoms with Crippen LogP contribution in [0.1, 0.15) is 19.8 Å². The lowest BCUT2D eigenvalue weighted by molar-refractivity contribution is -0.120. The maximum atomic E-state index is 10.9. The van der Waals surface area contributed by atoms with Gasteiger partial charge in [-0.3, -0.25) is 9.69 Å². The van der Waals surface area contributed by atoms with Gasteiger partial charge in [0.05, 0.1) is 12.6 Å². The minimum atomic E-state index is -0.304. The monoisotopic (exact) mass is 229 g/mol. The molecule has 0 aromatic heterocycles. The summed E-state index contributed by atoms with van der Waals surface area (Å²) < 4.78 is 0. The molecule has 1 rings (SSSR count). The zero-order valence-electron chi connectivity index (χ0n) is 10.1. The van der Waals surface area contributed by atoms with Crippen molar-refractivity contribution in [2.75, 3.05) is 26.7 Å². The predicted octanol–water partition coefficient (Wildman–Crippen LogP) is -0.847. The Morgan fingerprint density at radius 2 is 2.31 bits per heavy atom. The average Bonchev–Trinajstić information content (AvgIpc) is 2.26. The number of primary amides is 1. The SMILES string of the molecule is CCC(O)C1CC(NC)CN(CC(N)=O)C1. The number of piperidine rings is 1. The van der Waals surface area contributed by atoms with Crippen molar-refractivity contribution < 1.29 is 9.90 Å². The average molecular weight is 229 g/mol. The number of hydrogen-bond donors (Lipinski definition) is 3. The summed E-state index contributed by atoms with van der Waals surface area (Å²) in [5.74, 6) is -0.0722. The van der Waals surface area contributed by atoms with Crippen molar-refractivity contribution in [1.82, 2.24) is 10.2 Å². The Balaban J connectivity index is 2.57. The summed E-state index contributed by atoms with van der Waals surface area (Å²) in [7, 11) is 1.91. The highest BCUT2D eigenvalue weighted by Gasteiger charge is 2.30. The highest BCUT2D eigenvalue weighted by atomic mass is 16.3. The first kappa shape index (κ1) is 13.4. The second kappa shape index (κ2) is 6.18. The van der Waals surface area contributed by atoms with Gasteiger partial charge in [0.2, 0.25) is 5.91 Å². The second-order valence-electron chi connectivity index (χ2n) is 4.62. The topological polar surface area (TPSA) is 78.6 Å². The Morgan fingerprint density at radius 3 is 2.81 bits per heavy atom. The standard InChI is InChI=1S/C11H23N3O2/c1-3-10(15)8-4-9(13-2)6-14(5-8)7-11(12)16/h8-10,13,15H,3-7H2,1-2H3,(H2,12,16). The Labute approximate surface area is 97.0 Å². The molecule has 0 aromatic rings. The quantitative estimate of drug-likeness (QED) is 0.574. The molecule has 1 fully saturated rings. The molecule has 0 bridgehead atoms. The number of likely N-dealkylation sites (tertiary alicyclic amines) is 1. The summed E-state index contributed by atoms with van der Waals surface area (Å²) in [6.45, 7) is 3.85. The first-order chi connectivity index (χ1) is 7.56. The molecule has 16 heavy (non-hydrogen) atoms. The molecular weight excluding hydrogens is 206 g/mol. The zero-order chi connectivity index (χ0) is 12.1. The number of amides is 1. The van der Waals surface area contributed by atoms with Gasteiger partial charge >= 0.3 is 0 Å². The van der Waals surface area contributed by atoms with Crippen LogP contribution in [0.25, 0.3) is 0 Å². The number of nitrogens with one attached hydrogen (secondary N) is 1. The number of aliphatic hydroxyl groups is 1. The van der Waals surface area contributed by atoms with Crippen molar-refractivity contribution in [2.45, 2.75) is 31.9 Å². The van der Waals surface area contributed by atoms with Crippen LogP contribution in [0.15, 0.2) is 0 Å². The van der Waals surface area contributed by atoms with E-state index >= 15 is 0 Å². The fraction of sp³-hybridized carbons (Fsp3) is 0.909. The molecule has 0 aliphatic carbocycles. The third-order valence-electron chi connectivity index (χ3n) is 3.31. The third-order valence-corrected chi connectivity index (χ3v) is 3.31. The summed E-state index contributed by atoms with van der Waals surface area (Å²) in [5.41, 5.74) is 5.20. The minimum Gasteiger partial charge on any atom is -0.393 e. The summed E-state index contributed by atoms with van der Waals surface area (Å²) in [4.78, 5) is 12.9. The van der Waals surface area contributed by atoms with Crippen molar-refractivity contribution in [2.24, 2.45) is 11.7 Å². The number of nitrogens with two attached hydrogens (primary N) is 1. The van der Waals surface area contributed by atoms with Crippen LogP contribution in [0.3, 0.4) is 0 Å².